The highest BCUT2D eigenvalue weighted by Crippen LogP contribution is 2.32. The Morgan fingerprint density at radius 1 is 0.794 bits per heavy atom. The van der Waals surface area contributed by atoms with Crippen LogP contribution in [0.3, 0.4) is 0 Å². The summed E-state index contributed by atoms with van der Waals surface area (Å²) in [5.74, 6) is 1.63. The van der Waals surface area contributed by atoms with Gasteiger partial charge in [0.25, 0.3) is 0 Å². The summed E-state index contributed by atoms with van der Waals surface area (Å²) >= 11 is 0. The van der Waals surface area contributed by atoms with E-state index in [1.54, 1.807) is 6.26 Å². The van der Waals surface area contributed by atoms with E-state index < -0.39 is 6.10 Å². The molecule has 34 heavy (non-hydrogen) atoms. The lowest BCUT2D eigenvalue weighted by Gasteiger charge is -2.26. The lowest BCUT2D eigenvalue weighted by Crippen LogP contribution is -2.35. The molecule has 3 aromatic carbocycles. The monoisotopic (exact) mass is 455 g/mol. The van der Waals surface area contributed by atoms with Gasteiger partial charge in [0.05, 0.1) is 12.8 Å². The van der Waals surface area contributed by atoms with E-state index in [9.17, 15) is 5.11 Å². The molecule has 4 heteroatoms. The fourth-order valence-electron chi connectivity index (χ4n) is 4.18. The van der Waals surface area contributed by atoms with E-state index in [4.69, 9.17) is 9.15 Å². The molecule has 0 amide bonds. The summed E-state index contributed by atoms with van der Waals surface area (Å²) in [7, 11) is 0. The number of aliphatic hydroxyl groups is 1. The minimum atomic E-state index is -0.626. The number of aliphatic hydroxyl groups excluding tert-OH is 1. The normalized spacial score (nSPS) is 12.6. The Morgan fingerprint density at radius 3 is 2.09 bits per heavy atom. The van der Waals surface area contributed by atoms with Gasteiger partial charge in [0.1, 0.15) is 24.2 Å². The zero-order valence-electron chi connectivity index (χ0n) is 19.9. The molecule has 0 aliphatic rings. The topological polar surface area (TPSA) is 45.8 Å². The van der Waals surface area contributed by atoms with Gasteiger partial charge in [-0.05, 0) is 41.0 Å². The zero-order chi connectivity index (χ0) is 23.8. The highest BCUT2D eigenvalue weighted by molar-refractivity contribution is 5.39. The first-order valence-electron chi connectivity index (χ1n) is 11.8. The molecule has 1 atom stereocenters. The van der Waals surface area contributed by atoms with Crippen LogP contribution in [0.25, 0.3) is 0 Å². The molecule has 0 unspecified atom stereocenters. The summed E-state index contributed by atoms with van der Waals surface area (Å²) in [5, 5.41) is 10.7. The number of hydrogen-bond acceptors (Lipinski definition) is 4. The number of ether oxygens (including phenoxy) is 1. The van der Waals surface area contributed by atoms with Crippen LogP contribution in [-0.2, 0) is 18.5 Å². The molecule has 1 N–H and O–H groups in total. The molecule has 4 rings (SSSR count). The molecule has 4 nitrogen and oxygen atoms in total. The van der Waals surface area contributed by atoms with E-state index in [-0.39, 0.29) is 12.0 Å². The molecule has 0 aliphatic carbocycles. The van der Waals surface area contributed by atoms with Crippen molar-refractivity contribution in [3.8, 4) is 5.75 Å². The van der Waals surface area contributed by atoms with Crippen LogP contribution in [0.5, 0.6) is 5.75 Å². The van der Waals surface area contributed by atoms with Gasteiger partial charge in [0.15, 0.2) is 0 Å². The maximum Gasteiger partial charge on any atom is 0.119 e. The first kappa shape index (κ1) is 23.8. The molecule has 0 bridgehead atoms. The molecule has 0 fully saturated rings. The van der Waals surface area contributed by atoms with Crippen LogP contribution >= 0.6 is 0 Å². The van der Waals surface area contributed by atoms with Crippen LogP contribution in [-0.4, -0.2) is 29.3 Å². The molecule has 1 heterocycles. The molecule has 0 radical (unpaired) electrons. The van der Waals surface area contributed by atoms with Gasteiger partial charge >= 0.3 is 0 Å². The quantitative estimate of drug-likeness (QED) is 0.299. The third kappa shape index (κ3) is 6.37. The Hall–Kier alpha value is -3.34. The van der Waals surface area contributed by atoms with Gasteiger partial charge in [-0.25, -0.2) is 0 Å². The average molecular weight is 456 g/mol. The van der Waals surface area contributed by atoms with Gasteiger partial charge in [-0.3, -0.25) is 4.90 Å². The Bertz CT molecular complexity index is 1110. The minimum absolute atomic E-state index is 0.0942. The Kier molecular flexibility index (Phi) is 7.84. The highest BCUT2D eigenvalue weighted by atomic mass is 16.5. The van der Waals surface area contributed by atoms with Crippen molar-refractivity contribution in [1.82, 2.24) is 4.90 Å². The second-order valence-electron chi connectivity index (χ2n) is 9.21. The van der Waals surface area contributed by atoms with Crippen molar-refractivity contribution >= 4 is 0 Å². The van der Waals surface area contributed by atoms with Gasteiger partial charge in [-0.2, -0.15) is 0 Å². The number of furan rings is 1. The van der Waals surface area contributed by atoms with Gasteiger partial charge in [0, 0.05) is 18.5 Å². The summed E-state index contributed by atoms with van der Waals surface area (Å²) in [6.45, 7) is 6.51. The maximum atomic E-state index is 10.7. The number of hydrogen-bond donors (Lipinski definition) is 1. The third-order valence-corrected chi connectivity index (χ3v) is 6.19. The van der Waals surface area contributed by atoms with Crippen molar-refractivity contribution < 1.29 is 14.3 Å². The largest absolute Gasteiger partial charge is 0.491 e. The van der Waals surface area contributed by atoms with Crippen LogP contribution in [0.4, 0.5) is 0 Å². The van der Waals surface area contributed by atoms with Crippen molar-refractivity contribution in [2.45, 2.75) is 38.5 Å². The zero-order valence-corrected chi connectivity index (χ0v) is 19.9. The molecule has 4 aromatic rings. The Labute approximate surface area is 202 Å². The molecule has 0 saturated heterocycles. The van der Waals surface area contributed by atoms with E-state index in [0.29, 0.717) is 13.1 Å². The predicted molar refractivity (Wildman–Crippen MR) is 136 cm³/mol. The molecule has 176 valence electrons. The summed E-state index contributed by atoms with van der Waals surface area (Å²) in [4.78, 5) is 2.17. The van der Waals surface area contributed by atoms with Gasteiger partial charge in [0.2, 0.25) is 0 Å². The van der Waals surface area contributed by atoms with Gasteiger partial charge in [-0.15, -0.1) is 0 Å². The Morgan fingerprint density at radius 2 is 1.44 bits per heavy atom. The predicted octanol–water partition coefficient (Wildman–Crippen LogP) is 6.05. The number of benzene rings is 3. The first-order chi connectivity index (χ1) is 16.5. The second-order valence-corrected chi connectivity index (χ2v) is 9.21. The van der Waals surface area contributed by atoms with Crippen molar-refractivity contribution in [2.75, 3.05) is 13.2 Å². The number of nitrogens with zero attached hydrogens (tertiary/aromatic N) is 1. The van der Waals surface area contributed by atoms with Crippen molar-refractivity contribution in [3.05, 3.63) is 126 Å². The van der Waals surface area contributed by atoms with Crippen LogP contribution in [0.1, 0.15) is 36.3 Å². The van der Waals surface area contributed by atoms with E-state index in [1.807, 2.05) is 48.5 Å². The van der Waals surface area contributed by atoms with Gasteiger partial charge in [-0.1, -0.05) is 86.6 Å². The lowest BCUT2D eigenvalue weighted by atomic mass is 9.78. The summed E-state index contributed by atoms with van der Waals surface area (Å²) < 4.78 is 11.5. The smallest absolute Gasteiger partial charge is 0.119 e. The molecule has 1 aromatic heterocycles. The molecule has 0 spiro atoms. The Balaban J connectivity index is 1.34. The summed E-state index contributed by atoms with van der Waals surface area (Å²) in [5.41, 5.74) is 3.59. The van der Waals surface area contributed by atoms with E-state index in [2.05, 4.69) is 67.3 Å². The molecular formula is C30H33NO3. The summed E-state index contributed by atoms with van der Waals surface area (Å²) in [6, 6.07) is 32.8. The fraction of sp³-hybridized carbons (Fsp3) is 0.267. The van der Waals surface area contributed by atoms with Crippen molar-refractivity contribution in [2.24, 2.45) is 0 Å². The van der Waals surface area contributed by atoms with Crippen LogP contribution in [0.2, 0.25) is 0 Å². The molecular weight excluding hydrogens is 422 g/mol. The average Bonchev–Trinajstić information content (AvgIpc) is 3.37. The standard InChI is InChI=1S/C30H33NO3/c1-30(2,25-12-7-4-8-13-25)26-15-17-28(18-16-26)34-23-27(32)21-31(22-29-14-9-19-33-29)20-24-10-5-3-6-11-24/h3-19,27,32H,20-23H2,1-2H3/t27-/m1/s1. The SMILES string of the molecule is CC(C)(c1ccccc1)c1ccc(OC[C@H](O)CN(Cc2ccccc2)Cc2ccco2)cc1. The van der Waals surface area contributed by atoms with Crippen molar-refractivity contribution in [1.29, 1.82) is 0 Å². The van der Waals surface area contributed by atoms with E-state index >= 15 is 0 Å². The van der Waals surface area contributed by atoms with E-state index in [1.165, 1.54) is 16.7 Å². The van der Waals surface area contributed by atoms with Crippen LogP contribution < -0.4 is 4.74 Å². The number of rotatable bonds is 11. The third-order valence-electron chi connectivity index (χ3n) is 6.19. The minimum Gasteiger partial charge on any atom is -0.491 e. The molecule has 0 saturated carbocycles. The lowest BCUT2D eigenvalue weighted by molar-refractivity contribution is 0.0604. The molecule has 0 aliphatic heterocycles. The van der Waals surface area contributed by atoms with Crippen molar-refractivity contribution in [3.63, 3.8) is 0 Å². The van der Waals surface area contributed by atoms with E-state index in [0.717, 1.165) is 18.1 Å². The summed E-state index contributed by atoms with van der Waals surface area (Å²) in [6.07, 6.45) is 1.05. The maximum absolute atomic E-state index is 10.7. The van der Waals surface area contributed by atoms with Crippen LogP contribution in [0, 0.1) is 0 Å². The first-order valence-corrected chi connectivity index (χ1v) is 11.8. The van der Waals surface area contributed by atoms with Gasteiger partial charge < -0.3 is 14.3 Å². The second kappa shape index (κ2) is 11.2. The highest BCUT2D eigenvalue weighted by Gasteiger charge is 2.22. The van der Waals surface area contributed by atoms with Crippen LogP contribution in [0.15, 0.2) is 108 Å². The fourth-order valence-corrected chi connectivity index (χ4v) is 4.18.